The number of esters is 1. The molecule has 0 bridgehead atoms. The summed E-state index contributed by atoms with van der Waals surface area (Å²) in [5.74, 6) is -0.521. The van der Waals surface area contributed by atoms with Crippen molar-refractivity contribution in [3.05, 3.63) is 0 Å². The van der Waals surface area contributed by atoms with Crippen molar-refractivity contribution in [2.45, 2.75) is 12.8 Å². The highest BCUT2D eigenvalue weighted by Gasteiger charge is 2.31. The summed E-state index contributed by atoms with van der Waals surface area (Å²) in [5, 5.41) is 0. The van der Waals surface area contributed by atoms with Gasteiger partial charge in [-0.2, -0.15) is 12.7 Å². The van der Waals surface area contributed by atoms with Crippen LogP contribution >= 0.6 is 0 Å². The largest absolute Gasteiger partial charge is 0.469 e. The molecule has 0 aliphatic carbocycles. The van der Waals surface area contributed by atoms with Crippen LogP contribution in [0, 0.1) is 5.92 Å². The zero-order valence-corrected chi connectivity index (χ0v) is 11.9. The molecule has 19 heavy (non-hydrogen) atoms. The van der Waals surface area contributed by atoms with Gasteiger partial charge < -0.3 is 9.47 Å². The normalized spacial score (nSPS) is 18.4. The fourth-order valence-electron chi connectivity index (χ4n) is 1.79. The lowest BCUT2D eigenvalue weighted by molar-refractivity contribution is -0.146. The minimum absolute atomic E-state index is 0.133. The summed E-state index contributed by atoms with van der Waals surface area (Å²) in [5.41, 5.74) is 0. The molecule has 1 N–H and O–H groups in total. The Morgan fingerprint density at radius 1 is 1.26 bits per heavy atom. The smallest absolute Gasteiger partial charge is 0.308 e. The fraction of sp³-hybridized carbons (Fsp3) is 0.900. The van der Waals surface area contributed by atoms with Crippen molar-refractivity contribution in [1.29, 1.82) is 0 Å². The average Bonchev–Trinajstić information content (AvgIpc) is 2.43. The molecule has 0 aromatic rings. The number of rotatable bonds is 7. The number of carbonyl (C=O) groups excluding carboxylic acids is 1. The van der Waals surface area contributed by atoms with Crippen molar-refractivity contribution in [2.75, 3.05) is 40.5 Å². The van der Waals surface area contributed by atoms with Crippen LogP contribution < -0.4 is 4.89 Å². The summed E-state index contributed by atoms with van der Waals surface area (Å²) in [4.78, 5) is 18.1. The third-order valence-corrected chi connectivity index (χ3v) is 4.26. The number of methoxy groups -OCH3 is 2. The molecule has 0 unspecified atom stereocenters. The summed E-state index contributed by atoms with van der Waals surface area (Å²) >= 11 is 0. The van der Waals surface area contributed by atoms with E-state index in [9.17, 15) is 13.2 Å². The number of nitrogens with one attached hydrogen (secondary N) is 1. The van der Waals surface area contributed by atoms with Crippen LogP contribution in [0.4, 0.5) is 0 Å². The number of hydrogen-bond donors (Lipinski definition) is 1. The van der Waals surface area contributed by atoms with Crippen LogP contribution in [0.1, 0.15) is 12.8 Å². The lowest BCUT2D eigenvalue weighted by Crippen LogP contribution is -2.46. The first-order chi connectivity index (χ1) is 9.01. The lowest BCUT2D eigenvalue weighted by Gasteiger charge is -2.29. The number of ether oxygens (including phenoxy) is 2. The van der Waals surface area contributed by atoms with E-state index < -0.39 is 10.2 Å². The van der Waals surface area contributed by atoms with Gasteiger partial charge in [0, 0.05) is 20.2 Å². The Balaban J connectivity index is 2.39. The van der Waals surface area contributed by atoms with E-state index in [1.54, 1.807) is 0 Å². The van der Waals surface area contributed by atoms with Gasteiger partial charge in [0.15, 0.2) is 0 Å². The van der Waals surface area contributed by atoms with Crippen molar-refractivity contribution in [2.24, 2.45) is 5.92 Å². The topological polar surface area (TPSA) is 94.2 Å². The van der Waals surface area contributed by atoms with Gasteiger partial charge in [0.25, 0.3) is 0 Å². The molecule has 0 spiro atoms. The van der Waals surface area contributed by atoms with E-state index in [0.717, 1.165) is 0 Å². The van der Waals surface area contributed by atoms with Crippen LogP contribution in [-0.2, 0) is 29.3 Å². The molecule has 1 saturated heterocycles. The first kappa shape index (κ1) is 16.3. The average molecular weight is 296 g/mol. The molecule has 1 aliphatic heterocycles. The monoisotopic (exact) mass is 296 g/mol. The maximum Gasteiger partial charge on any atom is 0.308 e. The second kappa shape index (κ2) is 7.75. The number of nitrogens with zero attached hydrogens (tertiary/aromatic N) is 1. The van der Waals surface area contributed by atoms with E-state index in [1.165, 1.54) is 18.5 Å². The Morgan fingerprint density at radius 3 is 2.42 bits per heavy atom. The molecule has 8 nitrogen and oxygen atoms in total. The van der Waals surface area contributed by atoms with Crippen LogP contribution in [0.15, 0.2) is 0 Å². The Morgan fingerprint density at radius 2 is 1.89 bits per heavy atom. The van der Waals surface area contributed by atoms with Crippen molar-refractivity contribution in [3.8, 4) is 0 Å². The molecule has 0 aromatic carbocycles. The summed E-state index contributed by atoms with van der Waals surface area (Å²) in [6, 6.07) is 0. The lowest BCUT2D eigenvalue weighted by atomic mass is 9.99. The molecule has 0 radical (unpaired) electrons. The standard InChI is InChI=1S/C10H20N2O6S/c1-16-7-8-18-11-19(14,15)12-5-3-9(4-6-12)10(13)17-2/h9,11H,3-8H2,1-2H3. The molecule has 1 fully saturated rings. The van der Waals surface area contributed by atoms with E-state index in [4.69, 9.17) is 9.57 Å². The van der Waals surface area contributed by atoms with Gasteiger partial charge in [-0.25, -0.2) is 0 Å². The van der Waals surface area contributed by atoms with Crippen molar-refractivity contribution >= 4 is 16.2 Å². The van der Waals surface area contributed by atoms with Crippen molar-refractivity contribution < 1.29 is 27.5 Å². The van der Waals surface area contributed by atoms with Crippen LogP contribution in [0.5, 0.6) is 0 Å². The number of piperidine rings is 1. The molecule has 1 aliphatic rings. The van der Waals surface area contributed by atoms with E-state index in [2.05, 4.69) is 4.74 Å². The number of hydrogen-bond acceptors (Lipinski definition) is 6. The highest BCUT2D eigenvalue weighted by molar-refractivity contribution is 7.87. The molecule has 1 rings (SSSR count). The van der Waals surface area contributed by atoms with Crippen molar-refractivity contribution in [1.82, 2.24) is 9.19 Å². The van der Waals surface area contributed by atoms with Gasteiger partial charge in [-0.1, -0.05) is 4.89 Å². The summed E-state index contributed by atoms with van der Waals surface area (Å²) < 4.78 is 34.3. The highest BCUT2D eigenvalue weighted by atomic mass is 32.2. The molecule has 0 amide bonds. The molecule has 0 saturated carbocycles. The Hall–Kier alpha value is -0.740. The predicted octanol–water partition coefficient (Wildman–Crippen LogP) is -0.716. The van der Waals surface area contributed by atoms with Gasteiger partial charge in [-0.15, -0.1) is 0 Å². The third kappa shape index (κ3) is 5.03. The van der Waals surface area contributed by atoms with E-state index in [1.807, 2.05) is 4.89 Å². The first-order valence-electron chi connectivity index (χ1n) is 5.96. The SMILES string of the molecule is COCCONS(=O)(=O)N1CCC(C(=O)OC)CC1. The van der Waals surface area contributed by atoms with E-state index in [-0.39, 0.29) is 31.6 Å². The summed E-state index contributed by atoms with van der Waals surface area (Å²) in [6.07, 6.45) is 0.900. The minimum Gasteiger partial charge on any atom is -0.469 e. The molecule has 1 heterocycles. The first-order valence-corrected chi connectivity index (χ1v) is 7.40. The molecule has 112 valence electrons. The maximum atomic E-state index is 11.8. The van der Waals surface area contributed by atoms with Gasteiger partial charge in [-0.05, 0) is 12.8 Å². The van der Waals surface area contributed by atoms with Gasteiger partial charge in [0.05, 0.1) is 26.2 Å². The maximum absolute atomic E-state index is 11.8. The second-order valence-corrected chi connectivity index (χ2v) is 5.76. The summed E-state index contributed by atoms with van der Waals surface area (Å²) in [6.45, 7) is 0.965. The number of carbonyl (C=O) groups is 1. The predicted molar refractivity (Wildman–Crippen MR) is 66.2 cm³/mol. The zero-order chi connectivity index (χ0) is 14.3. The van der Waals surface area contributed by atoms with E-state index in [0.29, 0.717) is 19.4 Å². The van der Waals surface area contributed by atoms with Crippen molar-refractivity contribution in [3.63, 3.8) is 0 Å². The Bertz CT molecular complexity index is 377. The van der Waals surface area contributed by atoms with Gasteiger partial charge in [-0.3, -0.25) is 9.63 Å². The molecule has 0 atom stereocenters. The van der Waals surface area contributed by atoms with Gasteiger partial charge >= 0.3 is 16.2 Å². The third-order valence-electron chi connectivity index (χ3n) is 2.88. The Labute approximate surface area is 113 Å². The summed E-state index contributed by atoms with van der Waals surface area (Å²) in [7, 11) is -0.841. The van der Waals surface area contributed by atoms with Crippen LogP contribution in [0.3, 0.4) is 0 Å². The van der Waals surface area contributed by atoms with Crippen LogP contribution in [0.2, 0.25) is 0 Å². The second-order valence-electron chi connectivity index (χ2n) is 4.13. The van der Waals surface area contributed by atoms with E-state index >= 15 is 0 Å². The van der Waals surface area contributed by atoms with Gasteiger partial charge in [0.2, 0.25) is 0 Å². The van der Waals surface area contributed by atoms with Crippen LogP contribution in [0.25, 0.3) is 0 Å². The highest BCUT2D eigenvalue weighted by Crippen LogP contribution is 2.19. The quantitative estimate of drug-likeness (QED) is 0.379. The zero-order valence-electron chi connectivity index (χ0n) is 11.1. The Kier molecular flexibility index (Phi) is 6.66. The minimum atomic E-state index is -3.67. The van der Waals surface area contributed by atoms with Gasteiger partial charge in [0.1, 0.15) is 0 Å². The molecule has 0 aromatic heterocycles. The molecule has 9 heteroatoms. The fourth-order valence-corrected chi connectivity index (χ4v) is 2.82. The molecular weight excluding hydrogens is 276 g/mol. The van der Waals surface area contributed by atoms with Crippen LogP contribution in [-0.4, -0.2) is 59.2 Å². The molecular formula is C10H20N2O6S.